The molecule has 1 aromatic carbocycles. The number of amidine groups is 1. The van der Waals surface area contributed by atoms with E-state index in [0.29, 0.717) is 29.5 Å². The van der Waals surface area contributed by atoms with Crippen molar-refractivity contribution in [1.82, 2.24) is 4.90 Å². The summed E-state index contributed by atoms with van der Waals surface area (Å²) in [4.78, 5) is 27.3. The highest BCUT2D eigenvalue weighted by Gasteiger charge is 2.36. The molecule has 2 aliphatic heterocycles. The average Bonchev–Trinajstić information content (AvgIpc) is 2.66. The molecule has 2 fully saturated rings. The van der Waals surface area contributed by atoms with E-state index in [4.69, 9.17) is 15.9 Å². The molecular formula is C21H29FN4O3. The van der Waals surface area contributed by atoms with Gasteiger partial charge in [0.2, 0.25) is 5.91 Å². The van der Waals surface area contributed by atoms with Crippen molar-refractivity contribution in [2.75, 3.05) is 31.1 Å². The van der Waals surface area contributed by atoms with Gasteiger partial charge in [0.05, 0.1) is 5.69 Å². The van der Waals surface area contributed by atoms with Crippen molar-refractivity contribution in [2.45, 2.75) is 39.2 Å². The predicted molar refractivity (Wildman–Crippen MR) is 108 cm³/mol. The van der Waals surface area contributed by atoms with Crippen LogP contribution in [-0.4, -0.2) is 48.8 Å². The number of rotatable bonds is 7. The molecule has 2 saturated heterocycles. The van der Waals surface area contributed by atoms with Crippen molar-refractivity contribution in [3.8, 4) is 0 Å². The Labute approximate surface area is 170 Å². The molecule has 1 amide bonds. The number of nitrogens with two attached hydrogens (primary N) is 1. The number of esters is 1. The maximum atomic E-state index is 14.9. The highest BCUT2D eigenvalue weighted by Crippen LogP contribution is 2.36. The van der Waals surface area contributed by atoms with Crippen LogP contribution in [0.1, 0.15) is 38.2 Å². The van der Waals surface area contributed by atoms with Crippen molar-refractivity contribution in [2.24, 2.45) is 17.6 Å². The topological polar surface area (TPSA) is 99.7 Å². The first-order valence-corrected chi connectivity index (χ1v) is 10.2. The van der Waals surface area contributed by atoms with E-state index in [-0.39, 0.29) is 30.6 Å². The van der Waals surface area contributed by atoms with E-state index in [9.17, 15) is 14.0 Å². The van der Waals surface area contributed by atoms with Crippen molar-refractivity contribution in [3.63, 3.8) is 0 Å². The zero-order valence-corrected chi connectivity index (χ0v) is 16.8. The largest absolute Gasteiger partial charge is 0.460 e. The minimum atomic E-state index is -0.640. The molecule has 0 saturated carbocycles. The van der Waals surface area contributed by atoms with Crippen molar-refractivity contribution >= 4 is 23.4 Å². The molecule has 158 valence electrons. The zero-order valence-electron chi connectivity index (χ0n) is 16.8. The summed E-state index contributed by atoms with van der Waals surface area (Å²) in [7, 11) is 0. The molecule has 0 aromatic heterocycles. The van der Waals surface area contributed by atoms with Gasteiger partial charge in [-0.1, -0.05) is 19.1 Å². The lowest BCUT2D eigenvalue weighted by molar-refractivity contribution is -0.143. The van der Waals surface area contributed by atoms with E-state index in [0.717, 1.165) is 39.0 Å². The second-order valence-corrected chi connectivity index (χ2v) is 7.85. The van der Waals surface area contributed by atoms with Gasteiger partial charge in [0, 0.05) is 38.2 Å². The molecule has 3 N–H and O–H groups in total. The van der Waals surface area contributed by atoms with Gasteiger partial charge in [0.25, 0.3) is 0 Å². The van der Waals surface area contributed by atoms with Crippen LogP contribution in [-0.2, 0) is 20.9 Å². The molecule has 8 heteroatoms. The number of hydrogen-bond acceptors (Lipinski definition) is 5. The molecule has 0 unspecified atom stereocenters. The molecule has 0 aliphatic carbocycles. The highest BCUT2D eigenvalue weighted by molar-refractivity contribution is 5.94. The summed E-state index contributed by atoms with van der Waals surface area (Å²) < 4.78 is 19.9. The van der Waals surface area contributed by atoms with Crippen LogP contribution in [0.4, 0.5) is 10.1 Å². The Bertz CT molecular complexity index is 771. The Balaban J connectivity index is 1.51. The second kappa shape index (κ2) is 9.24. The number of anilines is 1. The second-order valence-electron chi connectivity index (χ2n) is 7.85. The Kier molecular flexibility index (Phi) is 6.71. The molecular weight excluding hydrogens is 375 g/mol. The lowest BCUT2D eigenvalue weighted by Crippen LogP contribution is -2.53. The molecule has 0 atom stereocenters. The van der Waals surface area contributed by atoms with Gasteiger partial charge in [-0.15, -0.1) is 0 Å². The van der Waals surface area contributed by atoms with E-state index in [2.05, 4.69) is 0 Å². The van der Waals surface area contributed by atoms with Crippen LogP contribution in [0.15, 0.2) is 18.2 Å². The van der Waals surface area contributed by atoms with E-state index in [1.165, 1.54) is 0 Å². The number of halogens is 1. The standard InChI is InChI=1S/C21H29FN4O3/c1-2-19(27)25-8-6-14(7-9-25)16-11-26(12-16)17-5-3-4-15(21(17)22)13-29-20(28)10-18(23)24/h3-5,14,16H,2,6-13H2,1H3,(H3,23,24). The molecule has 0 spiro atoms. The molecule has 3 rings (SSSR count). The number of nitrogens with one attached hydrogen (secondary N) is 1. The van der Waals surface area contributed by atoms with Crippen LogP contribution in [0, 0.1) is 23.1 Å². The van der Waals surface area contributed by atoms with Crippen LogP contribution in [0.3, 0.4) is 0 Å². The van der Waals surface area contributed by atoms with E-state index in [1.54, 1.807) is 18.2 Å². The first-order valence-electron chi connectivity index (χ1n) is 10.2. The summed E-state index contributed by atoms with van der Waals surface area (Å²) in [6.45, 7) is 4.97. The van der Waals surface area contributed by atoms with Crippen molar-refractivity contribution in [1.29, 1.82) is 5.41 Å². The predicted octanol–water partition coefficient (Wildman–Crippen LogP) is 2.28. The van der Waals surface area contributed by atoms with Gasteiger partial charge in [-0.2, -0.15) is 0 Å². The van der Waals surface area contributed by atoms with Gasteiger partial charge in [-0.25, -0.2) is 4.39 Å². The average molecular weight is 404 g/mol. The number of carbonyl (C=O) groups excluding carboxylic acids is 2. The highest BCUT2D eigenvalue weighted by atomic mass is 19.1. The number of nitrogens with zero attached hydrogens (tertiary/aromatic N) is 2. The third-order valence-electron chi connectivity index (χ3n) is 5.89. The van der Waals surface area contributed by atoms with Gasteiger partial charge in [-0.3, -0.25) is 15.0 Å². The minimum Gasteiger partial charge on any atom is -0.460 e. The van der Waals surface area contributed by atoms with Crippen LogP contribution in [0.5, 0.6) is 0 Å². The SMILES string of the molecule is CCC(=O)N1CCC(C2CN(c3cccc(COC(=O)CC(=N)N)c3F)C2)CC1. The number of amides is 1. The lowest BCUT2D eigenvalue weighted by atomic mass is 9.79. The Hall–Kier alpha value is -2.64. The van der Waals surface area contributed by atoms with Crippen LogP contribution in [0.25, 0.3) is 0 Å². The van der Waals surface area contributed by atoms with Crippen LogP contribution in [0.2, 0.25) is 0 Å². The Morgan fingerprint density at radius 3 is 2.55 bits per heavy atom. The smallest absolute Gasteiger partial charge is 0.313 e. The normalized spacial score (nSPS) is 17.7. The monoisotopic (exact) mass is 404 g/mol. The summed E-state index contributed by atoms with van der Waals surface area (Å²) in [5.74, 6) is 0.0303. The Morgan fingerprint density at radius 2 is 1.93 bits per heavy atom. The van der Waals surface area contributed by atoms with Crippen molar-refractivity contribution < 1.29 is 18.7 Å². The lowest BCUT2D eigenvalue weighted by Gasteiger charge is -2.47. The molecule has 2 heterocycles. The van der Waals surface area contributed by atoms with Gasteiger partial charge >= 0.3 is 5.97 Å². The van der Waals surface area contributed by atoms with Gasteiger partial charge in [0.15, 0.2) is 5.82 Å². The maximum absolute atomic E-state index is 14.9. The Morgan fingerprint density at radius 1 is 1.24 bits per heavy atom. The van der Waals surface area contributed by atoms with E-state index < -0.39 is 5.97 Å². The van der Waals surface area contributed by atoms with E-state index in [1.807, 2.05) is 16.7 Å². The first-order chi connectivity index (χ1) is 13.9. The first kappa shape index (κ1) is 21.1. The number of piperidine rings is 1. The quantitative estimate of drug-likeness (QED) is 0.413. The van der Waals surface area contributed by atoms with Crippen molar-refractivity contribution in [3.05, 3.63) is 29.6 Å². The molecule has 0 radical (unpaired) electrons. The summed E-state index contributed by atoms with van der Waals surface area (Å²) in [5, 5.41) is 7.10. The number of carbonyl (C=O) groups is 2. The molecule has 0 bridgehead atoms. The molecule has 7 nitrogen and oxygen atoms in total. The van der Waals surface area contributed by atoms with Gasteiger partial charge in [-0.05, 0) is 30.7 Å². The molecule has 1 aromatic rings. The fourth-order valence-corrected chi connectivity index (χ4v) is 4.14. The fraction of sp³-hybridized carbons (Fsp3) is 0.571. The van der Waals surface area contributed by atoms with Gasteiger partial charge in [0.1, 0.15) is 18.9 Å². The summed E-state index contributed by atoms with van der Waals surface area (Å²) in [6, 6.07) is 5.10. The number of likely N-dealkylation sites (tertiary alicyclic amines) is 1. The van der Waals surface area contributed by atoms with Crippen LogP contribution < -0.4 is 10.6 Å². The number of hydrogen-bond donors (Lipinski definition) is 2. The van der Waals surface area contributed by atoms with Gasteiger partial charge < -0.3 is 20.3 Å². The molecule has 29 heavy (non-hydrogen) atoms. The number of benzene rings is 1. The van der Waals surface area contributed by atoms with E-state index >= 15 is 0 Å². The van der Waals surface area contributed by atoms with Crippen LogP contribution >= 0.6 is 0 Å². The summed E-state index contributed by atoms with van der Waals surface area (Å²) >= 11 is 0. The number of ether oxygens (including phenoxy) is 1. The summed E-state index contributed by atoms with van der Waals surface area (Å²) in [6.07, 6.45) is 2.29. The molecule has 2 aliphatic rings. The fourth-order valence-electron chi connectivity index (χ4n) is 4.14. The minimum absolute atomic E-state index is 0.174. The third-order valence-corrected chi connectivity index (χ3v) is 5.89. The third kappa shape index (κ3) is 5.05. The maximum Gasteiger partial charge on any atom is 0.313 e. The zero-order chi connectivity index (χ0) is 21.0. The summed E-state index contributed by atoms with van der Waals surface area (Å²) in [5.41, 5.74) is 6.01.